The summed E-state index contributed by atoms with van der Waals surface area (Å²) in [5.74, 6) is 0.118. The summed E-state index contributed by atoms with van der Waals surface area (Å²) >= 11 is 0. The third-order valence-electron chi connectivity index (χ3n) is 4.53. The predicted octanol–water partition coefficient (Wildman–Crippen LogP) is 4.88. The molecule has 0 saturated heterocycles. The Balaban J connectivity index is 1.59. The van der Waals surface area contributed by atoms with Crippen molar-refractivity contribution in [3.63, 3.8) is 0 Å². The maximum Gasteiger partial charge on any atom is 0.262 e. The summed E-state index contributed by atoms with van der Waals surface area (Å²) in [6.45, 7) is 5.87. The highest BCUT2D eigenvalue weighted by Crippen LogP contribution is 2.17. The normalized spacial score (nSPS) is 10.3. The van der Waals surface area contributed by atoms with Gasteiger partial charge in [-0.15, -0.1) is 0 Å². The monoisotopic (exact) mass is 388 g/mol. The topological polar surface area (TPSA) is 67.4 Å². The van der Waals surface area contributed by atoms with Crippen LogP contribution in [0, 0.1) is 20.8 Å². The van der Waals surface area contributed by atoms with E-state index in [9.17, 15) is 9.59 Å². The summed E-state index contributed by atoms with van der Waals surface area (Å²) < 4.78 is 5.55. The number of rotatable bonds is 6. The summed E-state index contributed by atoms with van der Waals surface area (Å²) in [5, 5.41) is 5.62. The zero-order valence-electron chi connectivity index (χ0n) is 16.8. The maximum absolute atomic E-state index is 12.5. The van der Waals surface area contributed by atoms with Crippen LogP contribution in [0.1, 0.15) is 27.0 Å². The number of carbonyl (C=O) groups is 2. The maximum atomic E-state index is 12.5. The van der Waals surface area contributed by atoms with Gasteiger partial charge in [0.2, 0.25) is 0 Å². The molecule has 2 amide bonds. The lowest BCUT2D eigenvalue weighted by Crippen LogP contribution is -2.20. The molecule has 5 heteroatoms. The molecule has 0 aliphatic rings. The van der Waals surface area contributed by atoms with E-state index in [2.05, 4.69) is 10.6 Å². The zero-order valence-corrected chi connectivity index (χ0v) is 16.8. The van der Waals surface area contributed by atoms with Crippen molar-refractivity contribution in [2.75, 3.05) is 17.2 Å². The Hall–Kier alpha value is -3.60. The largest absolute Gasteiger partial charge is 0.484 e. The fraction of sp³-hybridized carbons (Fsp3) is 0.167. The smallest absolute Gasteiger partial charge is 0.262 e. The molecule has 0 unspecified atom stereocenters. The molecule has 0 heterocycles. The molecule has 3 aromatic rings. The van der Waals surface area contributed by atoms with E-state index in [0.717, 1.165) is 16.8 Å². The van der Waals surface area contributed by atoms with Crippen molar-refractivity contribution in [1.82, 2.24) is 0 Å². The van der Waals surface area contributed by atoms with E-state index in [-0.39, 0.29) is 18.4 Å². The fourth-order valence-corrected chi connectivity index (χ4v) is 2.81. The van der Waals surface area contributed by atoms with Gasteiger partial charge in [-0.1, -0.05) is 24.3 Å². The molecule has 2 N–H and O–H groups in total. The molecule has 3 rings (SSSR count). The molecule has 0 atom stereocenters. The number of ether oxygens (including phenoxy) is 1. The van der Waals surface area contributed by atoms with Crippen LogP contribution < -0.4 is 15.4 Å². The summed E-state index contributed by atoms with van der Waals surface area (Å²) in [4.78, 5) is 24.7. The average molecular weight is 388 g/mol. The van der Waals surface area contributed by atoms with Gasteiger partial charge in [-0.25, -0.2) is 0 Å². The number of amides is 2. The van der Waals surface area contributed by atoms with Crippen LogP contribution in [0.2, 0.25) is 0 Å². The molecular weight excluding hydrogens is 364 g/mol. The van der Waals surface area contributed by atoms with Crippen LogP contribution in [0.5, 0.6) is 5.75 Å². The van der Waals surface area contributed by atoms with E-state index in [1.54, 1.807) is 24.3 Å². The molecule has 0 radical (unpaired) electrons. The Labute approximate surface area is 170 Å². The van der Waals surface area contributed by atoms with Gasteiger partial charge in [0.1, 0.15) is 5.75 Å². The number of hydrogen-bond donors (Lipinski definition) is 2. The van der Waals surface area contributed by atoms with Gasteiger partial charge >= 0.3 is 0 Å². The lowest BCUT2D eigenvalue weighted by molar-refractivity contribution is -0.118. The van der Waals surface area contributed by atoms with E-state index in [1.165, 1.54) is 5.56 Å². The first-order valence-corrected chi connectivity index (χ1v) is 9.39. The molecule has 29 heavy (non-hydrogen) atoms. The molecule has 0 fully saturated rings. The van der Waals surface area contributed by atoms with Crippen LogP contribution in [-0.2, 0) is 4.79 Å². The standard InChI is InChI=1S/C24H24N2O3/c1-16-6-4-8-20(12-16)26-24(28)19-7-5-9-21(14-19)25-23(27)15-29-22-11-10-17(2)18(3)13-22/h4-14H,15H2,1-3H3,(H,25,27)(H,26,28). The molecule has 0 bridgehead atoms. The highest BCUT2D eigenvalue weighted by Gasteiger charge is 2.09. The molecule has 5 nitrogen and oxygen atoms in total. The quantitative estimate of drug-likeness (QED) is 0.632. The van der Waals surface area contributed by atoms with E-state index in [1.807, 2.05) is 63.2 Å². The second-order valence-electron chi connectivity index (χ2n) is 6.99. The molecule has 0 saturated carbocycles. The van der Waals surface area contributed by atoms with Crippen LogP contribution in [0.3, 0.4) is 0 Å². The minimum atomic E-state index is -0.292. The van der Waals surface area contributed by atoms with E-state index < -0.39 is 0 Å². The first-order chi connectivity index (χ1) is 13.9. The zero-order chi connectivity index (χ0) is 20.8. The van der Waals surface area contributed by atoms with Gasteiger partial charge < -0.3 is 15.4 Å². The Morgan fingerprint density at radius 2 is 1.52 bits per heavy atom. The van der Waals surface area contributed by atoms with Crippen molar-refractivity contribution in [2.45, 2.75) is 20.8 Å². The number of benzene rings is 3. The summed E-state index contributed by atoms with van der Waals surface area (Å²) in [7, 11) is 0. The summed E-state index contributed by atoms with van der Waals surface area (Å²) in [6.07, 6.45) is 0. The lowest BCUT2D eigenvalue weighted by Gasteiger charge is -2.10. The summed E-state index contributed by atoms with van der Waals surface area (Å²) in [6, 6.07) is 20.1. The van der Waals surface area contributed by atoms with Gasteiger partial charge in [0.15, 0.2) is 6.61 Å². The SMILES string of the molecule is Cc1cccc(NC(=O)c2cccc(NC(=O)COc3ccc(C)c(C)c3)c2)c1. The van der Waals surface area contributed by atoms with Crippen molar-refractivity contribution in [3.8, 4) is 5.75 Å². The number of anilines is 2. The van der Waals surface area contributed by atoms with E-state index in [4.69, 9.17) is 4.74 Å². The van der Waals surface area contributed by atoms with Crippen molar-refractivity contribution in [2.24, 2.45) is 0 Å². The van der Waals surface area contributed by atoms with Gasteiger partial charge in [0.25, 0.3) is 11.8 Å². The van der Waals surface area contributed by atoms with E-state index in [0.29, 0.717) is 17.0 Å². The van der Waals surface area contributed by atoms with Gasteiger partial charge in [0, 0.05) is 16.9 Å². The predicted molar refractivity (Wildman–Crippen MR) is 116 cm³/mol. The first-order valence-electron chi connectivity index (χ1n) is 9.39. The first kappa shape index (κ1) is 20.1. The van der Waals surface area contributed by atoms with Crippen molar-refractivity contribution in [1.29, 1.82) is 0 Å². The van der Waals surface area contributed by atoms with Crippen LogP contribution in [0.25, 0.3) is 0 Å². The molecular formula is C24H24N2O3. The average Bonchev–Trinajstić information content (AvgIpc) is 2.69. The highest BCUT2D eigenvalue weighted by atomic mass is 16.5. The summed E-state index contributed by atoms with van der Waals surface area (Å²) in [5.41, 5.74) is 5.06. The number of carbonyl (C=O) groups excluding carboxylic acids is 2. The highest BCUT2D eigenvalue weighted by molar-refractivity contribution is 6.05. The number of hydrogen-bond acceptors (Lipinski definition) is 3. The molecule has 0 spiro atoms. The minimum Gasteiger partial charge on any atom is -0.484 e. The molecule has 148 valence electrons. The van der Waals surface area contributed by atoms with Crippen molar-refractivity contribution < 1.29 is 14.3 Å². The second kappa shape index (κ2) is 9.06. The van der Waals surface area contributed by atoms with Crippen molar-refractivity contribution >= 4 is 23.2 Å². The molecule has 0 aliphatic heterocycles. The Morgan fingerprint density at radius 3 is 2.24 bits per heavy atom. The van der Waals surface area contributed by atoms with Gasteiger partial charge in [0.05, 0.1) is 0 Å². The Morgan fingerprint density at radius 1 is 0.793 bits per heavy atom. The molecule has 0 aromatic heterocycles. The van der Waals surface area contributed by atoms with Crippen LogP contribution >= 0.6 is 0 Å². The Bertz CT molecular complexity index is 1040. The number of nitrogens with one attached hydrogen (secondary N) is 2. The second-order valence-corrected chi connectivity index (χ2v) is 6.99. The van der Waals surface area contributed by atoms with Gasteiger partial charge in [-0.3, -0.25) is 9.59 Å². The fourth-order valence-electron chi connectivity index (χ4n) is 2.81. The third kappa shape index (κ3) is 5.69. The van der Waals surface area contributed by atoms with Crippen molar-refractivity contribution in [3.05, 3.63) is 89.0 Å². The lowest BCUT2D eigenvalue weighted by atomic mass is 10.1. The Kier molecular flexibility index (Phi) is 6.29. The van der Waals surface area contributed by atoms with Gasteiger partial charge in [-0.05, 0) is 79.9 Å². The molecule has 3 aromatic carbocycles. The minimum absolute atomic E-state index is 0.109. The van der Waals surface area contributed by atoms with Crippen LogP contribution in [0.4, 0.5) is 11.4 Å². The van der Waals surface area contributed by atoms with Gasteiger partial charge in [-0.2, -0.15) is 0 Å². The van der Waals surface area contributed by atoms with Crippen LogP contribution in [-0.4, -0.2) is 18.4 Å². The van der Waals surface area contributed by atoms with E-state index >= 15 is 0 Å². The number of aryl methyl sites for hydroxylation is 3. The third-order valence-corrected chi connectivity index (χ3v) is 4.53. The molecule has 0 aliphatic carbocycles. The van der Waals surface area contributed by atoms with Crippen LogP contribution in [0.15, 0.2) is 66.7 Å².